The van der Waals surface area contributed by atoms with Crippen LogP contribution in [0.3, 0.4) is 0 Å². The van der Waals surface area contributed by atoms with Crippen molar-refractivity contribution in [2.24, 2.45) is 0 Å². The van der Waals surface area contributed by atoms with Gasteiger partial charge >= 0.3 is 0 Å². The molecule has 0 bridgehead atoms. The maximum Gasteiger partial charge on any atom is 0.266 e. The van der Waals surface area contributed by atoms with Gasteiger partial charge in [-0.3, -0.25) is 4.79 Å². The third-order valence-corrected chi connectivity index (χ3v) is 7.06. The Morgan fingerprint density at radius 1 is 0.875 bits per heavy atom. The standard InChI is InChI=1S/C32H26Br2N2O4/c1-2-38-30-18-23(17-29(34)31(30)40-21-24-10-6-7-11-28(24)33)16-25(19-35)32(37)36-26-12-14-27(15-13-26)39-20-22-8-4-3-5-9-22/h3-18H,2,20-21H2,1H3,(H,36,37)/b25-16+. The summed E-state index contributed by atoms with van der Waals surface area (Å²) in [7, 11) is 0. The number of carbonyl (C=O) groups excluding carboxylic acids is 1. The molecule has 0 aromatic heterocycles. The average Bonchev–Trinajstić information content (AvgIpc) is 2.96. The lowest BCUT2D eigenvalue weighted by molar-refractivity contribution is -0.112. The Hall–Kier alpha value is -4.06. The van der Waals surface area contributed by atoms with Crippen LogP contribution < -0.4 is 19.5 Å². The van der Waals surface area contributed by atoms with E-state index in [-0.39, 0.29) is 5.57 Å². The zero-order valence-electron chi connectivity index (χ0n) is 21.7. The SMILES string of the molecule is CCOc1cc(/C=C(\C#N)C(=O)Nc2ccc(OCc3ccccc3)cc2)cc(Br)c1OCc1ccccc1Br. The van der Waals surface area contributed by atoms with Crippen LogP contribution in [0.5, 0.6) is 17.2 Å². The zero-order chi connectivity index (χ0) is 28.3. The third kappa shape index (κ3) is 7.98. The second-order valence-corrected chi connectivity index (χ2v) is 10.3. The van der Waals surface area contributed by atoms with Crippen molar-refractivity contribution in [3.05, 3.63) is 122 Å². The molecule has 0 radical (unpaired) electrons. The van der Waals surface area contributed by atoms with E-state index >= 15 is 0 Å². The molecular formula is C32H26Br2N2O4. The van der Waals surface area contributed by atoms with Crippen molar-refractivity contribution < 1.29 is 19.0 Å². The van der Waals surface area contributed by atoms with Crippen molar-refractivity contribution in [2.45, 2.75) is 20.1 Å². The summed E-state index contributed by atoms with van der Waals surface area (Å²) in [6, 6.07) is 30.2. The van der Waals surface area contributed by atoms with Crippen LogP contribution >= 0.6 is 31.9 Å². The number of nitrogens with one attached hydrogen (secondary N) is 1. The van der Waals surface area contributed by atoms with Gasteiger partial charge in [0.05, 0.1) is 11.1 Å². The zero-order valence-corrected chi connectivity index (χ0v) is 24.9. The number of ether oxygens (including phenoxy) is 3. The lowest BCUT2D eigenvalue weighted by atomic mass is 10.1. The Kier molecular flexibility index (Phi) is 10.4. The lowest BCUT2D eigenvalue weighted by Gasteiger charge is -2.15. The van der Waals surface area contributed by atoms with Gasteiger partial charge in [-0.25, -0.2) is 0 Å². The third-order valence-electron chi connectivity index (χ3n) is 5.70. The molecule has 202 valence electrons. The van der Waals surface area contributed by atoms with Gasteiger partial charge in [-0.15, -0.1) is 0 Å². The van der Waals surface area contributed by atoms with Crippen molar-refractivity contribution in [3.63, 3.8) is 0 Å². The maximum atomic E-state index is 12.9. The first-order valence-electron chi connectivity index (χ1n) is 12.5. The molecule has 0 aliphatic carbocycles. The van der Waals surface area contributed by atoms with Crippen molar-refractivity contribution in [1.82, 2.24) is 0 Å². The topological polar surface area (TPSA) is 80.6 Å². The van der Waals surface area contributed by atoms with Gasteiger partial charge in [-0.1, -0.05) is 64.5 Å². The van der Waals surface area contributed by atoms with Gasteiger partial charge in [-0.2, -0.15) is 5.26 Å². The van der Waals surface area contributed by atoms with Crippen LogP contribution in [0.2, 0.25) is 0 Å². The van der Waals surface area contributed by atoms with Gasteiger partial charge < -0.3 is 19.5 Å². The molecule has 4 rings (SSSR count). The molecule has 40 heavy (non-hydrogen) atoms. The fourth-order valence-electron chi connectivity index (χ4n) is 3.73. The molecule has 0 unspecified atom stereocenters. The number of amides is 1. The molecule has 1 N–H and O–H groups in total. The molecule has 0 atom stereocenters. The van der Waals surface area contributed by atoms with Crippen LogP contribution in [0.25, 0.3) is 6.08 Å². The van der Waals surface area contributed by atoms with Gasteiger partial charge in [0.2, 0.25) is 0 Å². The smallest absolute Gasteiger partial charge is 0.266 e. The second-order valence-electron chi connectivity index (χ2n) is 8.57. The van der Waals surface area contributed by atoms with Crippen LogP contribution in [0, 0.1) is 11.3 Å². The van der Waals surface area contributed by atoms with Gasteiger partial charge in [-0.05, 0) is 82.5 Å². The molecular weight excluding hydrogens is 636 g/mol. The van der Waals surface area contributed by atoms with E-state index in [1.54, 1.807) is 36.4 Å². The maximum absolute atomic E-state index is 12.9. The summed E-state index contributed by atoms with van der Waals surface area (Å²) >= 11 is 7.09. The molecule has 1 amide bonds. The van der Waals surface area contributed by atoms with E-state index < -0.39 is 5.91 Å². The minimum atomic E-state index is -0.524. The fourth-order valence-corrected chi connectivity index (χ4v) is 4.70. The van der Waals surface area contributed by atoms with E-state index in [2.05, 4.69) is 37.2 Å². The van der Waals surface area contributed by atoms with E-state index in [4.69, 9.17) is 14.2 Å². The molecule has 4 aromatic rings. The number of hydrogen-bond acceptors (Lipinski definition) is 5. The Balaban J connectivity index is 1.45. The lowest BCUT2D eigenvalue weighted by Crippen LogP contribution is -2.13. The van der Waals surface area contributed by atoms with E-state index in [1.165, 1.54) is 6.08 Å². The van der Waals surface area contributed by atoms with E-state index in [1.807, 2.05) is 67.6 Å². The highest BCUT2D eigenvalue weighted by molar-refractivity contribution is 9.10. The summed E-state index contributed by atoms with van der Waals surface area (Å²) in [5.41, 5.74) is 3.15. The second kappa shape index (κ2) is 14.4. The number of rotatable bonds is 11. The average molecular weight is 662 g/mol. The Labute approximate surface area is 250 Å². The predicted molar refractivity (Wildman–Crippen MR) is 163 cm³/mol. The summed E-state index contributed by atoms with van der Waals surface area (Å²) in [5.74, 6) is 1.18. The molecule has 0 aliphatic heterocycles. The Morgan fingerprint density at radius 3 is 2.30 bits per heavy atom. The molecule has 0 aliphatic rings. The molecule has 8 heteroatoms. The summed E-state index contributed by atoms with van der Waals surface area (Å²) in [4.78, 5) is 12.9. The first kappa shape index (κ1) is 28.9. The van der Waals surface area contributed by atoms with Gasteiger partial charge in [0, 0.05) is 15.7 Å². The van der Waals surface area contributed by atoms with Crippen LogP contribution in [-0.2, 0) is 18.0 Å². The summed E-state index contributed by atoms with van der Waals surface area (Å²) in [6.07, 6.45) is 1.51. The van der Waals surface area contributed by atoms with Crippen molar-refractivity contribution in [2.75, 3.05) is 11.9 Å². The van der Waals surface area contributed by atoms with Crippen molar-refractivity contribution in [1.29, 1.82) is 5.26 Å². The van der Waals surface area contributed by atoms with Crippen molar-refractivity contribution in [3.8, 4) is 23.3 Å². The summed E-state index contributed by atoms with van der Waals surface area (Å²) in [6.45, 7) is 3.07. The van der Waals surface area contributed by atoms with Crippen molar-refractivity contribution >= 4 is 49.5 Å². The molecule has 0 heterocycles. The Morgan fingerprint density at radius 2 is 1.60 bits per heavy atom. The highest BCUT2D eigenvalue weighted by Gasteiger charge is 2.15. The van der Waals surface area contributed by atoms with Crippen LogP contribution in [0.4, 0.5) is 5.69 Å². The number of nitriles is 1. The number of carbonyl (C=O) groups is 1. The first-order chi connectivity index (χ1) is 19.5. The summed E-state index contributed by atoms with van der Waals surface area (Å²) in [5, 5.41) is 12.5. The summed E-state index contributed by atoms with van der Waals surface area (Å²) < 4.78 is 19.3. The molecule has 0 saturated heterocycles. The molecule has 0 spiro atoms. The predicted octanol–water partition coefficient (Wildman–Crippen LogP) is 8.31. The number of nitrogens with zero attached hydrogens (tertiary/aromatic N) is 1. The highest BCUT2D eigenvalue weighted by Crippen LogP contribution is 2.38. The minimum absolute atomic E-state index is 0.0550. The molecule has 0 saturated carbocycles. The highest BCUT2D eigenvalue weighted by atomic mass is 79.9. The minimum Gasteiger partial charge on any atom is -0.490 e. The van der Waals surface area contributed by atoms with Gasteiger partial charge in [0.1, 0.15) is 30.6 Å². The van der Waals surface area contributed by atoms with Gasteiger partial charge in [0.15, 0.2) is 11.5 Å². The van der Waals surface area contributed by atoms with Crippen LogP contribution in [0.15, 0.2) is 106 Å². The quantitative estimate of drug-likeness (QED) is 0.129. The molecule has 6 nitrogen and oxygen atoms in total. The van der Waals surface area contributed by atoms with Crippen LogP contribution in [0.1, 0.15) is 23.6 Å². The van der Waals surface area contributed by atoms with Crippen LogP contribution in [-0.4, -0.2) is 12.5 Å². The Bertz CT molecular complexity index is 1530. The number of halogens is 2. The monoisotopic (exact) mass is 660 g/mol. The van der Waals surface area contributed by atoms with E-state index in [0.717, 1.165) is 15.6 Å². The first-order valence-corrected chi connectivity index (χ1v) is 14.1. The number of hydrogen-bond donors (Lipinski definition) is 1. The molecule has 4 aromatic carbocycles. The number of anilines is 1. The number of benzene rings is 4. The van der Waals surface area contributed by atoms with E-state index in [9.17, 15) is 10.1 Å². The molecule has 0 fully saturated rings. The van der Waals surface area contributed by atoms with Gasteiger partial charge in [0.25, 0.3) is 5.91 Å². The van der Waals surface area contributed by atoms with E-state index in [0.29, 0.717) is 52.8 Å². The fraction of sp³-hybridized carbons (Fsp3) is 0.125. The largest absolute Gasteiger partial charge is 0.490 e. The normalized spacial score (nSPS) is 10.9.